The van der Waals surface area contributed by atoms with Crippen LogP contribution in [0.1, 0.15) is 79.1 Å². The molecule has 3 amide bonds. The molecule has 0 spiro atoms. The van der Waals surface area contributed by atoms with Crippen molar-refractivity contribution in [1.82, 2.24) is 20.0 Å². The highest BCUT2D eigenvalue weighted by molar-refractivity contribution is 5.78. The summed E-state index contributed by atoms with van der Waals surface area (Å²) in [5.41, 5.74) is -0.316. The van der Waals surface area contributed by atoms with Gasteiger partial charge in [0, 0.05) is 37.8 Å². The van der Waals surface area contributed by atoms with E-state index < -0.39 is 5.60 Å². The molecule has 7 heteroatoms. The van der Waals surface area contributed by atoms with Crippen LogP contribution in [0.25, 0.3) is 0 Å². The summed E-state index contributed by atoms with van der Waals surface area (Å²) in [4.78, 5) is 31.7. The van der Waals surface area contributed by atoms with Crippen LogP contribution in [-0.4, -0.2) is 82.3 Å². The second-order valence-electron chi connectivity index (χ2n) is 11.0. The number of hydrogen-bond donors (Lipinski definition) is 1. The molecule has 4 aliphatic rings. The minimum absolute atomic E-state index is 0.129. The molecule has 4 fully saturated rings. The lowest BCUT2D eigenvalue weighted by molar-refractivity contribution is -0.0141. The Labute approximate surface area is 181 Å². The van der Waals surface area contributed by atoms with E-state index in [1.807, 2.05) is 25.7 Å². The molecule has 1 aliphatic carbocycles. The summed E-state index contributed by atoms with van der Waals surface area (Å²) in [7, 11) is 0. The van der Waals surface area contributed by atoms with Gasteiger partial charge in [0.2, 0.25) is 0 Å². The number of rotatable bonds is 2. The van der Waals surface area contributed by atoms with Gasteiger partial charge in [0.05, 0.1) is 12.1 Å². The van der Waals surface area contributed by atoms with Crippen LogP contribution in [0.2, 0.25) is 0 Å². The zero-order valence-electron chi connectivity index (χ0n) is 19.3. The van der Waals surface area contributed by atoms with Crippen LogP contribution >= 0.6 is 0 Å². The minimum atomic E-state index is -0.446. The van der Waals surface area contributed by atoms with Crippen molar-refractivity contribution in [2.75, 3.05) is 26.2 Å². The third kappa shape index (κ3) is 4.41. The number of likely N-dealkylation sites (tertiary alicyclic amines) is 2. The topological polar surface area (TPSA) is 65.1 Å². The lowest BCUT2D eigenvalue weighted by atomic mass is 9.85. The van der Waals surface area contributed by atoms with Gasteiger partial charge in [-0.05, 0) is 66.2 Å². The maximum absolute atomic E-state index is 12.6. The number of nitrogens with one attached hydrogen (secondary N) is 1. The first-order chi connectivity index (χ1) is 14.2. The van der Waals surface area contributed by atoms with Gasteiger partial charge in [-0.2, -0.15) is 0 Å². The molecule has 0 radical (unpaired) electrons. The molecule has 7 nitrogen and oxygen atoms in total. The Morgan fingerprint density at radius 3 is 2.30 bits per heavy atom. The fourth-order valence-corrected chi connectivity index (χ4v) is 5.93. The maximum atomic E-state index is 12.6. The van der Waals surface area contributed by atoms with Crippen LogP contribution < -0.4 is 5.32 Å². The summed E-state index contributed by atoms with van der Waals surface area (Å²) in [5.74, 6) is 0. The smallest absolute Gasteiger partial charge is 0.410 e. The molecule has 0 unspecified atom stereocenters. The monoisotopic (exact) mass is 420 g/mol. The molecule has 3 heterocycles. The van der Waals surface area contributed by atoms with Gasteiger partial charge in [-0.15, -0.1) is 0 Å². The van der Waals surface area contributed by atoms with Crippen LogP contribution in [0.4, 0.5) is 9.59 Å². The quantitative estimate of drug-likeness (QED) is 0.742. The number of fused-ring (bicyclic) bond motifs is 1. The van der Waals surface area contributed by atoms with E-state index in [-0.39, 0.29) is 17.7 Å². The van der Waals surface area contributed by atoms with E-state index in [4.69, 9.17) is 4.74 Å². The Morgan fingerprint density at radius 2 is 1.67 bits per heavy atom. The average Bonchev–Trinajstić information content (AvgIpc) is 3.03. The number of ether oxygens (including phenoxy) is 1. The van der Waals surface area contributed by atoms with Crippen molar-refractivity contribution in [2.45, 2.75) is 108 Å². The highest BCUT2D eigenvalue weighted by Gasteiger charge is 2.46. The SMILES string of the molecule is CC(C)(C)OC(=O)N1CCC(C)(N2CCC(N3C(=O)N[C@H]4CCCC[C@@H]43)CC2)CC1. The molecule has 170 valence electrons. The van der Waals surface area contributed by atoms with Gasteiger partial charge >= 0.3 is 12.1 Å². The molecular formula is C23H40N4O3. The third-order valence-electron chi connectivity index (χ3n) is 7.74. The van der Waals surface area contributed by atoms with Gasteiger partial charge in [-0.3, -0.25) is 4.90 Å². The van der Waals surface area contributed by atoms with Crippen LogP contribution in [0.15, 0.2) is 0 Å². The highest BCUT2D eigenvalue weighted by atomic mass is 16.6. The van der Waals surface area contributed by atoms with E-state index in [1.165, 1.54) is 12.8 Å². The van der Waals surface area contributed by atoms with Crippen molar-refractivity contribution in [1.29, 1.82) is 0 Å². The Hall–Kier alpha value is -1.50. The first-order valence-electron chi connectivity index (χ1n) is 12.0. The zero-order chi connectivity index (χ0) is 21.5. The maximum Gasteiger partial charge on any atom is 0.410 e. The molecule has 4 rings (SSSR count). The van der Waals surface area contributed by atoms with Gasteiger partial charge in [0.15, 0.2) is 0 Å². The van der Waals surface area contributed by atoms with Gasteiger partial charge in [-0.25, -0.2) is 9.59 Å². The molecule has 3 aliphatic heterocycles. The van der Waals surface area contributed by atoms with E-state index in [2.05, 4.69) is 22.0 Å². The Kier molecular flexibility index (Phi) is 5.94. The predicted molar refractivity (Wildman–Crippen MR) is 116 cm³/mol. The molecule has 3 saturated heterocycles. The molecule has 1 saturated carbocycles. The van der Waals surface area contributed by atoms with Crippen molar-refractivity contribution in [3.63, 3.8) is 0 Å². The minimum Gasteiger partial charge on any atom is -0.444 e. The highest BCUT2D eigenvalue weighted by Crippen LogP contribution is 2.36. The third-order valence-corrected chi connectivity index (χ3v) is 7.74. The van der Waals surface area contributed by atoms with Crippen molar-refractivity contribution in [3.8, 4) is 0 Å². The number of piperidine rings is 2. The summed E-state index contributed by atoms with van der Waals surface area (Å²) < 4.78 is 5.55. The Morgan fingerprint density at radius 1 is 1.03 bits per heavy atom. The second-order valence-corrected chi connectivity index (χ2v) is 11.0. The lowest BCUT2D eigenvalue weighted by Gasteiger charge is -2.50. The lowest BCUT2D eigenvalue weighted by Crippen LogP contribution is -2.59. The van der Waals surface area contributed by atoms with Crippen molar-refractivity contribution in [2.24, 2.45) is 0 Å². The first kappa shape index (κ1) is 21.7. The van der Waals surface area contributed by atoms with Crippen LogP contribution in [0.3, 0.4) is 0 Å². The fourth-order valence-electron chi connectivity index (χ4n) is 5.93. The fraction of sp³-hybridized carbons (Fsp3) is 0.913. The van der Waals surface area contributed by atoms with Gasteiger partial charge in [0.1, 0.15) is 5.60 Å². The number of carbonyl (C=O) groups is 2. The Balaban J connectivity index is 1.29. The van der Waals surface area contributed by atoms with Crippen molar-refractivity contribution < 1.29 is 14.3 Å². The summed E-state index contributed by atoms with van der Waals surface area (Å²) in [6.07, 6.45) is 8.66. The number of nitrogens with zero attached hydrogens (tertiary/aromatic N) is 3. The number of amides is 3. The molecule has 1 N–H and O–H groups in total. The first-order valence-corrected chi connectivity index (χ1v) is 12.0. The molecule has 0 aromatic carbocycles. The van der Waals surface area contributed by atoms with Crippen LogP contribution in [-0.2, 0) is 4.74 Å². The van der Waals surface area contributed by atoms with E-state index in [0.717, 1.165) is 64.7 Å². The molecule has 0 aromatic heterocycles. The molecule has 0 aromatic rings. The van der Waals surface area contributed by atoms with Gasteiger partial charge < -0.3 is 19.9 Å². The number of urea groups is 1. The zero-order valence-corrected chi connectivity index (χ0v) is 19.3. The van der Waals surface area contributed by atoms with Crippen molar-refractivity contribution >= 4 is 12.1 Å². The number of hydrogen-bond acceptors (Lipinski definition) is 4. The molecule has 30 heavy (non-hydrogen) atoms. The Bertz CT molecular complexity index is 645. The van der Waals surface area contributed by atoms with Gasteiger partial charge in [-0.1, -0.05) is 12.8 Å². The summed E-state index contributed by atoms with van der Waals surface area (Å²) in [5, 5.41) is 3.24. The van der Waals surface area contributed by atoms with Crippen molar-refractivity contribution in [3.05, 3.63) is 0 Å². The van der Waals surface area contributed by atoms with E-state index >= 15 is 0 Å². The molecular weight excluding hydrogens is 380 g/mol. The predicted octanol–water partition coefficient (Wildman–Crippen LogP) is 3.58. The summed E-state index contributed by atoms with van der Waals surface area (Å²) in [6.45, 7) is 11.7. The summed E-state index contributed by atoms with van der Waals surface area (Å²) >= 11 is 0. The average molecular weight is 421 g/mol. The molecule has 2 atom stereocenters. The summed E-state index contributed by atoms with van der Waals surface area (Å²) in [6, 6.07) is 1.33. The van der Waals surface area contributed by atoms with Gasteiger partial charge in [0.25, 0.3) is 0 Å². The number of carbonyl (C=O) groups excluding carboxylic acids is 2. The van der Waals surface area contributed by atoms with E-state index in [0.29, 0.717) is 18.1 Å². The standard InChI is InChI=1S/C23H40N4O3/c1-22(2,3)30-21(29)25-15-11-23(4,12-16-25)26-13-9-17(10-14-26)27-19-8-6-5-7-18(19)24-20(27)28/h17-19H,5-16H2,1-4H3,(H,24,28)/t18-,19-/m0/s1. The van der Waals surface area contributed by atoms with Crippen LogP contribution in [0, 0.1) is 0 Å². The van der Waals surface area contributed by atoms with E-state index in [1.54, 1.807) is 0 Å². The largest absolute Gasteiger partial charge is 0.444 e. The van der Waals surface area contributed by atoms with Crippen LogP contribution in [0.5, 0.6) is 0 Å². The molecule has 0 bridgehead atoms. The van der Waals surface area contributed by atoms with E-state index in [9.17, 15) is 9.59 Å². The second kappa shape index (κ2) is 8.21. The normalized spacial score (nSPS) is 30.7.